The van der Waals surface area contributed by atoms with Gasteiger partial charge in [-0.1, -0.05) is 6.07 Å². The van der Waals surface area contributed by atoms with Crippen LogP contribution in [0.5, 0.6) is 0 Å². The Hall–Kier alpha value is -1.92. The molecule has 0 saturated heterocycles. The largest absolute Gasteiger partial charge is 0.383 e. The Morgan fingerprint density at radius 3 is 2.61 bits per heavy atom. The molecule has 124 valence electrons. The van der Waals surface area contributed by atoms with Crippen LogP contribution in [-0.2, 0) is 11.3 Å². The number of ether oxygens (including phenoxy) is 1. The number of thiophene rings is 1. The summed E-state index contributed by atoms with van der Waals surface area (Å²) in [4.78, 5) is 30.6. The smallest absolute Gasteiger partial charge is 0.270 e. The molecule has 0 atom stereocenters. The van der Waals surface area contributed by atoms with E-state index in [0.717, 1.165) is 10.6 Å². The number of methoxy groups -OCH3 is 1. The molecule has 5 nitrogen and oxygen atoms in total. The zero-order valence-electron chi connectivity index (χ0n) is 13.9. The van der Waals surface area contributed by atoms with Crippen LogP contribution in [0, 0.1) is 13.8 Å². The maximum atomic E-state index is 12.9. The van der Waals surface area contributed by atoms with E-state index in [1.54, 1.807) is 23.3 Å². The molecule has 2 aromatic rings. The molecule has 0 bridgehead atoms. The maximum absolute atomic E-state index is 12.9. The lowest BCUT2D eigenvalue weighted by molar-refractivity contribution is 0.0676. The lowest BCUT2D eigenvalue weighted by Crippen LogP contribution is -2.33. The van der Waals surface area contributed by atoms with E-state index >= 15 is 0 Å². The Balaban J connectivity index is 2.29. The summed E-state index contributed by atoms with van der Waals surface area (Å²) in [6, 6.07) is 3.97. The Labute approximate surface area is 140 Å². The molecule has 0 unspecified atom stereocenters. The average molecular weight is 334 g/mol. The van der Waals surface area contributed by atoms with Gasteiger partial charge in [0.1, 0.15) is 5.69 Å². The third-order valence-corrected chi connectivity index (χ3v) is 4.64. The summed E-state index contributed by atoms with van der Waals surface area (Å²) in [5.41, 5.74) is 2.55. The molecule has 23 heavy (non-hydrogen) atoms. The minimum atomic E-state index is -0.108. The van der Waals surface area contributed by atoms with Gasteiger partial charge in [-0.2, -0.15) is 0 Å². The average Bonchev–Trinajstić information content (AvgIpc) is 3.10. The minimum Gasteiger partial charge on any atom is -0.383 e. The summed E-state index contributed by atoms with van der Waals surface area (Å²) in [5, 5.41) is 1.99. The fraction of sp³-hybridized carbons (Fsp3) is 0.412. The number of Topliss-reactive ketones (excluding diaryl/α,β-unsaturated/α-hetero) is 1. The molecule has 2 heterocycles. The van der Waals surface area contributed by atoms with Crippen molar-refractivity contribution in [1.82, 2.24) is 9.88 Å². The molecule has 1 N–H and O–H groups in total. The van der Waals surface area contributed by atoms with Crippen LogP contribution in [0.25, 0.3) is 0 Å². The van der Waals surface area contributed by atoms with E-state index in [4.69, 9.17) is 4.74 Å². The standard InChI is InChI=1S/C17H22N2O3S/c1-11-15(13(3)20)12(2)18-16(11)17(21)19(7-8-22-4)10-14-6-5-9-23-14/h5-6,9,18H,7-8,10H2,1-4H3. The highest BCUT2D eigenvalue weighted by atomic mass is 32.1. The quantitative estimate of drug-likeness (QED) is 0.791. The molecule has 0 saturated carbocycles. The summed E-state index contributed by atoms with van der Waals surface area (Å²) in [6.07, 6.45) is 0. The van der Waals surface area contributed by atoms with Gasteiger partial charge in [0.05, 0.1) is 13.2 Å². The molecule has 2 rings (SSSR count). The molecule has 0 aliphatic carbocycles. The summed E-state index contributed by atoms with van der Waals surface area (Å²) >= 11 is 1.62. The molecule has 2 aromatic heterocycles. The predicted molar refractivity (Wildman–Crippen MR) is 91.2 cm³/mol. The van der Waals surface area contributed by atoms with Crippen molar-refractivity contribution in [3.63, 3.8) is 0 Å². The van der Waals surface area contributed by atoms with Crippen molar-refractivity contribution in [2.75, 3.05) is 20.3 Å². The molecule has 0 fully saturated rings. The zero-order valence-corrected chi connectivity index (χ0v) is 14.8. The maximum Gasteiger partial charge on any atom is 0.270 e. The topological polar surface area (TPSA) is 62.4 Å². The van der Waals surface area contributed by atoms with Gasteiger partial charge in [-0.3, -0.25) is 9.59 Å². The lowest BCUT2D eigenvalue weighted by Gasteiger charge is -2.21. The van der Waals surface area contributed by atoms with E-state index in [-0.39, 0.29) is 11.7 Å². The molecule has 6 heteroatoms. The number of hydrogen-bond acceptors (Lipinski definition) is 4. The van der Waals surface area contributed by atoms with Crippen molar-refractivity contribution in [2.45, 2.75) is 27.3 Å². The number of carbonyl (C=O) groups excluding carboxylic acids is 2. The Morgan fingerprint density at radius 1 is 1.35 bits per heavy atom. The summed E-state index contributed by atoms with van der Waals surface area (Å²) in [6.45, 7) is 6.65. The van der Waals surface area contributed by atoms with Crippen LogP contribution in [0.15, 0.2) is 17.5 Å². The summed E-state index contributed by atoms with van der Waals surface area (Å²) in [7, 11) is 1.62. The van der Waals surface area contributed by atoms with Crippen LogP contribution < -0.4 is 0 Å². The first-order chi connectivity index (χ1) is 11.0. The molecule has 0 aliphatic heterocycles. The first-order valence-corrected chi connectivity index (χ1v) is 8.34. The van der Waals surface area contributed by atoms with Crippen molar-refractivity contribution in [3.05, 3.63) is 44.9 Å². The fourth-order valence-corrected chi connectivity index (χ4v) is 3.41. The summed E-state index contributed by atoms with van der Waals surface area (Å²) < 4.78 is 5.12. The Kier molecular flexibility index (Phi) is 5.74. The highest BCUT2D eigenvalue weighted by Gasteiger charge is 2.24. The number of aromatic amines is 1. The van der Waals surface area contributed by atoms with Crippen molar-refractivity contribution >= 4 is 23.0 Å². The number of aromatic nitrogens is 1. The second kappa shape index (κ2) is 7.57. The van der Waals surface area contributed by atoms with E-state index in [9.17, 15) is 9.59 Å². The van der Waals surface area contributed by atoms with E-state index in [0.29, 0.717) is 36.5 Å². The Bertz CT molecular complexity index is 689. The number of aryl methyl sites for hydroxylation is 1. The van der Waals surface area contributed by atoms with E-state index in [1.807, 2.05) is 31.4 Å². The second-order valence-electron chi connectivity index (χ2n) is 5.48. The monoisotopic (exact) mass is 334 g/mol. The van der Waals surface area contributed by atoms with Crippen LogP contribution in [-0.4, -0.2) is 41.8 Å². The molecule has 0 spiro atoms. The van der Waals surface area contributed by atoms with Gasteiger partial charge in [0.15, 0.2) is 5.78 Å². The van der Waals surface area contributed by atoms with Gasteiger partial charge >= 0.3 is 0 Å². The number of nitrogens with zero attached hydrogens (tertiary/aromatic N) is 1. The highest BCUT2D eigenvalue weighted by molar-refractivity contribution is 7.09. The first kappa shape index (κ1) is 17.4. The SMILES string of the molecule is COCCN(Cc1cccs1)C(=O)c1[nH]c(C)c(C(C)=O)c1C. The molecular formula is C17H22N2O3S. The van der Waals surface area contributed by atoms with Gasteiger partial charge in [-0.15, -0.1) is 11.3 Å². The number of H-pyrrole nitrogens is 1. The normalized spacial score (nSPS) is 10.8. The van der Waals surface area contributed by atoms with E-state index < -0.39 is 0 Å². The van der Waals surface area contributed by atoms with Crippen molar-refractivity contribution in [3.8, 4) is 0 Å². The number of nitrogens with one attached hydrogen (secondary N) is 1. The van der Waals surface area contributed by atoms with Gasteiger partial charge in [0.2, 0.25) is 0 Å². The highest BCUT2D eigenvalue weighted by Crippen LogP contribution is 2.21. The minimum absolute atomic E-state index is 0.0306. The van der Waals surface area contributed by atoms with Gasteiger partial charge in [0.25, 0.3) is 5.91 Å². The van der Waals surface area contributed by atoms with E-state index in [1.165, 1.54) is 6.92 Å². The number of rotatable bonds is 7. The van der Waals surface area contributed by atoms with Crippen LogP contribution in [0.3, 0.4) is 0 Å². The number of hydrogen-bond donors (Lipinski definition) is 1. The van der Waals surface area contributed by atoms with Gasteiger partial charge < -0.3 is 14.6 Å². The third kappa shape index (κ3) is 3.89. The molecule has 0 aromatic carbocycles. The zero-order chi connectivity index (χ0) is 17.0. The first-order valence-electron chi connectivity index (χ1n) is 7.46. The van der Waals surface area contributed by atoms with Gasteiger partial charge in [-0.05, 0) is 37.8 Å². The van der Waals surface area contributed by atoms with Crippen LogP contribution in [0.4, 0.5) is 0 Å². The molecule has 0 radical (unpaired) electrons. The Morgan fingerprint density at radius 2 is 2.09 bits per heavy atom. The molecule has 1 amide bonds. The van der Waals surface area contributed by atoms with Crippen molar-refractivity contribution in [2.24, 2.45) is 0 Å². The van der Waals surface area contributed by atoms with Gasteiger partial charge in [-0.25, -0.2) is 0 Å². The predicted octanol–water partition coefficient (Wildman–Crippen LogP) is 3.18. The summed E-state index contributed by atoms with van der Waals surface area (Å²) in [5.74, 6) is -0.138. The lowest BCUT2D eigenvalue weighted by atomic mass is 10.1. The van der Waals surface area contributed by atoms with Crippen LogP contribution in [0.1, 0.15) is 43.9 Å². The van der Waals surface area contributed by atoms with E-state index in [2.05, 4.69) is 4.98 Å². The number of carbonyl (C=O) groups is 2. The van der Waals surface area contributed by atoms with Crippen LogP contribution >= 0.6 is 11.3 Å². The fourth-order valence-electron chi connectivity index (χ4n) is 2.69. The second-order valence-corrected chi connectivity index (χ2v) is 6.51. The molecule has 0 aliphatic rings. The van der Waals surface area contributed by atoms with Gasteiger partial charge in [0, 0.05) is 29.8 Å². The van der Waals surface area contributed by atoms with Crippen molar-refractivity contribution < 1.29 is 14.3 Å². The third-order valence-electron chi connectivity index (χ3n) is 3.78. The van der Waals surface area contributed by atoms with Crippen LogP contribution in [0.2, 0.25) is 0 Å². The van der Waals surface area contributed by atoms with Crippen molar-refractivity contribution in [1.29, 1.82) is 0 Å². The molecular weight excluding hydrogens is 312 g/mol. The number of ketones is 1. The number of amides is 1.